The van der Waals surface area contributed by atoms with Crippen LogP contribution in [0.15, 0.2) is 0 Å². The monoisotopic (exact) mass is 201 g/mol. The Bertz CT molecular complexity index is 184. The van der Waals surface area contributed by atoms with E-state index in [0.717, 1.165) is 38.9 Å². The van der Waals surface area contributed by atoms with E-state index in [1.165, 1.54) is 0 Å². The molecule has 0 aromatic carbocycles. The summed E-state index contributed by atoms with van der Waals surface area (Å²) in [5, 5.41) is 11.9. The summed E-state index contributed by atoms with van der Waals surface area (Å²) in [6.07, 6.45) is 3.76. The van der Waals surface area contributed by atoms with Crippen molar-refractivity contribution in [2.24, 2.45) is 0 Å². The molecule has 0 radical (unpaired) electrons. The van der Waals surface area contributed by atoms with Gasteiger partial charge in [0.15, 0.2) is 0 Å². The summed E-state index contributed by atoms with van der Waals surface area (Å²) in [6.45, 7) is 3.52. The third-order valence-electron chi connectivity index (χ3n) is 2.58. The second-order valence-corrected chi connectivity index (χ2v) is 3.67. The van der Waals surface area contributed by atoms with Gasteiger partial charge in [-0.05, 0) is 32.6 Å². The summed E-state index contributed by atoms with van der Waals surface area (Å²) in [6, 6.07) is 0.0450. The molecule has 1 rings (SSSR count). The summed E-state index contributed by atoms with van der Waals surface area (Å²) in [7, 11) is 0. The van der Waals surface area contributed by atoms with E-state index in [1.807, 2.05) is 6.92 Å². The van der Waals surface area contributed by atoms with Gasteiger partial charge in [0.05, 0.1) is 0 Å². The van der Waals surface area contributed by atoms with Gasteiger partial charge in [-0.3, -0.25) is 4.79 Å². The maximum absolute atomic E-state index is 10.6. The third-order valence-corrected chi connectivity index (χ3v) is 2.58. The first-order valence-electron chi connectivity index (χ1n) is 5.30. The van der Waals surface area contributed by atoms with Crippen LogP contribution in [0, 0.1) is 0 Å². The number of carboxylic acid groups (broad SMARTS) is 1. The molecule has 0 amide bonds. The lowest BCUT2D eigenvalue weighted by atomic mass is 10.1. The first-order chi connectivity index (χ1) is 6.74. The van der Waals surface area contributed by atoms with Crippen LogP contribution in [0.25, 0.3) is 0 Å². The first kappa shape index (κ1) is 11.5. The molecule has 0 aliphatic carbocycles. The number of carbonyl (C=O) groups is 1. The lowest BCUT2D eigenvalue weighted by Crippen LogP contribution is -2.35. The lowest BCUT2D eigenvalue weighted by molar-refractivity contribution is -0.139. The number of rotatable bonds is 6. The molecule has 0 aromatic rings. The second-order valence-electron chi connectivity index (χ2n) is 3.67. The van der Waals surface area contributed by atoms with E-state index in [9.17, 15) is 4.79 Å². The summed E-state index contributed by atoms with van der Waals surface area (Å²) in [5.74, 6) is -0.725. The summed E-state index contributed by atoms with van der Waals surface area (Å²) < 4.78 is 5.22. The molecule has 0 saturated carbocycles. The Morgan fingerprint density at radius 2 is 2.36 bits per heavy atom. The number of carboxylic acids is 1. The van der Waals surface area contributed by atoms with Gasteiger partial charge in [0.25, 0.3) is 0 Å². The van der Waals surface area contributed by atoms with Gasteiger partial charge in [0.2, 0.25) is 0 Å². The Morgan fingerprint density at radius 1 is 1.57 bits per heavy atom. The van der Waals surface area contributed by atoms with Crippen molar-refractivity contribution in [2.45, 2.75) is 44.7 Å². The Labute approximate surface area is 84.6 Å². The highest BCUT2D eigenvalue weighted by Crippen LogP contribution is 2.16. The maximum atomic E-state index is 10.6. The lowest BCUT2D eigenvalue weighted by Gasteiger charge is -2.11. The molecular weight excluding hydrogens is 182 g/mol. The predicted octanol–water partition coefficient (Wildman–Crippen LogP) is 1.01. The van der Waals surface area contributed by atoms with Crippen LogP contribution in [0.3, 0.4) is 0 Å². The zero-order chi connectivity index (χ0) is 10.4. The highest BCUT2D eigenvalue weighted by Gasteiger charge is 2.27. The molecular formula is C10H19NO3. The molecule has 2 unspecified atom stereocenters. The predicted molar refractivity (Wildman–Crippen MR) is 53.3 cm³/mol. The number of hydrogen-bond donors (Lipinski definition) is 2. The number of aliphatic carboxylic acids is 1. The van der Waals surface area contributed by atoms with Gasteiger partial charge in [-0.25, -0.2) is 0 Å². The van der Waals surface area contributed by atoms with Crippen molar-refractivity contribution in [3.8, 4) is 0 Å². The SMILES string of the molecule is CCOCCCC1CCC(C(=O)O)N1. The molecule has 14 heavy (non-hydrogen) atoms. The van der Waals surface area contributed by atoms with Crippen LogP contribution >= 0.6 is 0 Å². The average Bonchev–Trinajstić information content (AvgIpc) is 2.61. The Morgan fingerprint density at radius 3 is 2.93 bits per heavy atom. The molecule has 1 heterocycles. The van der Waals surface area contributed by atoms with E-state index in [2.05, 4.69) is 5.32 Å². The largest absolute Gasteiger partial charge is 0.480 e. The van der Waals surface area contributed by atoms with E-state index >= 15 is 0 Å². The van der Waals surface area contributed by atoms with Crippen LogP contribution in [0.4, 0.5) is 0 Å². The van der Waals surface area contributed by atoms with Gasteiger partial charge >= 0.3 is 5.97 Å². The fourth-order valence-electron chi connectivity index (χ4n) is 1.82. The highest BCUT2D eigenvalue weighted by atomic mass is 16.5. The zero-order valence-corrected chi connectivity index (χ0v) is 8.66. The van der Waals surface area contributed by atoms with Crippen LogP contribution in [0.2, 0.25) is 0 Å². The van der Waals surface area contributed by atoms with Gasteiger partial charge in [0.1, 0.15) is 6.04 Å². The Kier molecular flexibility index (Phi) is 4.90. The quantitative estimate of drug-likeness (QED) is 0.630. The molecule has 0 bridgehead atoms. The van der Waals surface area contributed by atoms with E-state index in [-0.39, 0.29) is 6.04 Å². The van der Waals surface area contributed by atoms with Crippen LogP contribution in [0.5, 0.6) is 0 Å². The molecule has 4 heteroatoms. The van der Waals surface area contributed by atoms with Crippen molar-refractivity contribution < 1.29 is 14.6 Å². The smallest absolute Gasteiger partial charge is 0.320 e. The van der Waals surface area contributed by atoms with Crippen molar-refractivity contribution >= 4 is 5.97 Å². The summed E-state index contributed by atoms with van der Waals surface area (Å²) in [4.78, 5) is 10.6. The maximum Gasteiger partial charge on any atom is 0.320 e. The highest BCUT2D eigenvalue weighted by molar-refractivity contribution is 5.73. The fourth-order valence-corrected chi connectivity index (χ4v) is 1.82. The fraction of sp³-hybridized carbons (Fsp3) is 0.900. The topological polar surface area (TPSA) is 58.6 Å². The van der Waals surface area contributed by atoms with E-state index < -0.39 is 5.97 Å². The molecule has 1 saturated heterocycles. The van der Waals surface area contributed by atoms with Crippen LogP contribution < -0.4 is 5.32 Å². The van der Waals surface area contributed by atoms with Crippen molar-refractivity contribution in [1.82, 2.24) is 5.32 Å². The molecule has 2 N–H and O–H groups in total. The van der Waals surface area contributed by atoms with Crippen LogP contribution in [-0.2, 0) is 9.53 Å². The molecule has 1 aliphatic heterocycles. The Hall–Kier alpha value is -0.610. The molecule has 4 nitrogen and oxygen atoms in total. The average molecular weight is 201 g/mol. The normalized spacial score (nSPS) is 26.6. The van der Waals surface area contributed by atoms with Gasteiger partial charge in [-0.15, -0.1) is 0 Å². The minimum absolute atomic E-state index is 0.327. The summed E-state index contributed by atoms with van der Waals surface area (Å²) >= 11 is 0. The number of hydrogen-bond acceptors (Lipinski definition) is 3. The minimum Gasteiger partial charge on any atom is -0.480 e. The summed E-state index contributed by atoms with van der Waals surface area (Å²) in [5.41, 5.74) is 0. The van der Waals surface area contributed by atoms with Crippen molar-refractivity contribution in [3.05, 3.63) is 0 Å². The van der Waals surface area contributed by atoms with Crippen LogP contribution in [-0.4, -0.2) is 36.4 Å². The van der Waals surface area contributed by atoms with Crippen molar-refractivity contribution in [1.29, 1.82) is 0 Å². The first-order valence-corrected chi connectivity index (χ1v) is 5.30. The molecule has 1 fully saturated rings. The van der Waals surface area contributed by atoms with Gasteiger partial charge in [0, 0.05) is 19.3 Å². The van der Waals surface area contributed by atoms with E-state index in [1.54, 1.807) is 0 Å². The molecule has 1 aliphatic rings. The zero-order valence-electron chi connectivity index (χ0n) is 8.66. The minimum atomic E-state index is -0.725. The standard InChI is InChI=1S/C10H19NO3/c1-2-14-7-3-4-8-5-6-9(11-8)10(12)13/h8-9,11H,2-7H2,1H3,(H,12,13). The number of nitrogens with one attached hydrogen (secondary N) is 1. The third kappa shape index (κ3) is 3.64. The van der Waals surface area contributed by atoms with Crippen molar-refractivity contribution in [3.63, 3.8) is 0 Å². The van der Waals surface area contributed by atoms with Gasteiger partial charge < -0.3 is 15.2 Å². The van der Waals surface area contributed by atoms with Gasteiger partial charge in [-0.2, -0.15) is 0 Å². The Balaban J connectivity index is 2.07. The molecule has 82 valence electrons. The van der Waals surface area contributed by atoms with Crippen molar-refractivity contribution in [2.75, 3.05) is 13.2 Å². The number of ether oxygens (including phenoxy) is 1. The van der Waals surface area contributed by atoms with Gasteiger partial charge in [-0.1, -0.05) is 0 Å². The molecule has 0 aromatic heterocycles. The second kappa shape index (κ2) is 5.98. The molecule has 2 atom stereocenters. The van der Waals surface area contributed by atoms with Crippen LogP contribution in [0.1, 0.15) is 32.6 Å². The van der Waals surface area contributed by atoms with E-state index in [0.29, 0.717) is 6.04 Å². The van der Waals surface area contributed by atoms with E-state index in [4.69, 9.17) is 9.84 Å². The molecule has 0 spiro atoms.